The van der Waals surface area contributed by atoms with E-state index in [2.05, 4.69) is 15.4 Å². The molecule has 1 unspecified atom stereocenters. The van der Waals surface area contributed by atoms with Gasteiger partial charge in [0.05, 0.1) is 19.8 Å². The third-order valence-electron chi connectivity index (χ3n) is 4.88. The number of nitrogens with zero attached hydrogens (tertiary/aromatic N) is 3. The fourth-order valence-electron chi connectivity index (χ4n) is 3.51. The Morgan fingerprint density at radius 3 is 2.48 bits per heavy atom. The van der Waals surface area contributed by atoms with Crippen molar-refractivity contribution in [2.75, 3.05) is 19.5 Å². The Morgan fingerprint density at radius 2 is 1.83 bits per heavy atom. The van der Waals surface area contributed by atoms with E-state index in [1.54, 1.807) is 25.0 Å². The maximum atomic E-state index is 12.2. The van der Waals surface area contributed by atoms with Crippen molar-refractivity contribution in [3.05, 3.63) is 65.4 Å². The zero-order chi connectivity index (χ0) is 20.5. The molecule has 0 bridgehead atoms. The molecule has 0 aliphatic carbocycles. The van der Waals surface area contributed by atoms with Gasteiger partial charge in [0.1, 0.15) is 6.04 Å². The van der Waals surface area contributed by atoms with Gasteiger partial charge in [0.25, 0.3) is 0 Å². The number of rotatable bonds is 5. The number of allylic oxidation sites excluding steroid dienone is 1. The number of nitrogens with two attached hydrogens (primary N) is 1. The maximum Gasteiger partial charge on any atom is 0.248 e. The number of anilines is 1. The van der Waals surface area contributed by atoms with Gasteiger partial charge in [0, 0.05) is 11.3 Å². The van der Waals surface area contributed by atoms with Gasteiger partial charge in [-0.15, -0.1) is 5.10 Å². The SMILES string of the molecule is COc1ccc(-c2nc3n(n2)C(c2ccccc2)C(C(N)=O)=C(C)N3)cc1OC. The lowest BCUT2D eigenvalue weighted by atomic mass is 9.95. The molecule has 1 amide bonds. The van der Waals surface area contributed by atoms with Crippen LogP contribution in [0.3, 0.4) is 0 Å². The molecule has 0 radical (unpaired) electrons. The Balaban J connectivity index is 1.84. The summed E-state index contributed by atoms with van der Waals surface area (Å²) >= 11 is 0. The molecule has 148 valence electrons. The van der Waals surface area contributed by atoms with Gasteiger partial charge in [-0.25, -0.2) is 4.68 Å². The molecule has 1 aliphatic heterocycles. The lowest BCUT2D eigenvalue weighted by Gasteiger charge is -2.27. The molecule has 3 aromatic rings. The van der Waals surface area contributed by atoms with E-state index in [0.717, 1.165) is 11.1 Å². The van der Waals surface area contributed by atoms with Crippen molar-refractivity contribution in [1.82, 2.24) is 14.8 Å². The number of hydrogen-bond donors (Lipinski definition) is 2. The van der Waals surface area contributed by atoms with Crippen LogP contribution in [0.4, 0.5) is 5.95 Å². The first-order valence-corrected chi connectivity index (χ1v) is 9.05. The standard InChI is InChI=1S/C21H21N5O3/c1-12-17(19(22)27)18(13-7-5-4-6-8-13)26-21(23-12)24-20(25-26)14-9-10-15(28-2)16(11-14)29-3/h4-11,18H,1-3H3,(H2,22,27)(H,23,24,25). The minimum absolute atomic E-state index is 0.451. The number of carbonyl (C=O) groups is 1. The van der Waals surface area contributed by atoms with E-state index < -0.39 is 11.9 Å². The molecule has 8 heteroatoms. The molecule has 0 spiro atoms. The van der Waals surface area contributed by atoms with Crippen LogP contribution in [0.25, 0.3) is 11.4 Å². The van der Waals surface area contributed by atoms with Gasteiger partial charge >= 0.3 is 0 Å². The van der Waals surface area contributed by atoms with Crippen LogP contribution in [-0.4, -0.2) is 34.9 Å². The lowest BCUT2D eigenvalue weighted by Crippen LogP contribution is -2.31. The number of amides is 1. The van der Waals surface area contributed by atoms with Crippen LogP contribution >= 0.6 is 0 Å². The Kier molecular flexibility index (Phi) is 4.67. The fourth-order valence-corrected chi connectivity index (χ4v) is 3.51. The Hall–Kier alpha value is -3.81. The molecule has 0 fully saturated rings. The van der Waals surface area contributed by atoms with Gasteiger partial charge in [-0.3, -0.25) is 4.79 Å². The van der Waals surface area contributed by atoms with E-state index in [1.165, 1.54) is 0 Å². The topological polar surface area (TPSA) is 104 Å². The number of methoxy groups -OCH3 is 2. The molecule has 0 saturated carbocycles. The number of aromatic nitrogens is 3. The zero-order valence-electron chi connectivity index (χ0n) is 16.3. The van der Waals surface area contributed by atoms with E-state index in [0.29, 0.717) is 34.5 Å². The van der Waals surface area contributed by atoms with E-state index in [4.69, 9.17) is 15.2 Å². The Bertz CT molecular complexity index is 1100. The quantitative estimate of drug-likeness (QED) is 0.693. The molecule has 0 saturated heterocycles. The predicted octanol–water partition coefficient (Wildman–Crippen LogP) is 2.74. The van der Waals surface area contributed by atoms with Gasteiger partial charge in [-0.1, -0.05) is 30.3 Å². The highest BCUT2D eigenvalue weighted by atomic mass is 16.5. The van der Waals surface area contributed by atoms with Crippen LogP contribution in [0, 0.1) is 0 Å². The third kappa shape index (κ3) is 3.18. The number of benzene rings is 2. The summed E-state index contributed by atoms with van der Waals surface area (Å²) < 4.78 is 12.4. The zero-order valence-corrected chi connectivity index (χ0v) is 16.3. The van der Waals surface area contributed by atoms with Crippen molar-refractivity contribution >= 4 is 11.9 Å². The minimum Gasteiger partial charge on any atom is -0.493 e. The maximum absolute atomic E-state index is 12.2. The number of ether oxygens (including phenoxy) is 2. The van der Waals surface area contributed by atoms with E-state index in [9.17, 15) is 4.79 Å². The molecule has 8 nitrogen and oxygen atoms in total. The summed E-state index contributed by atoms with van der Waals surface area (Å²) in [6.07, 6.45) is 0. The molecular formula is C21H21N5O3. The van der Waals surface area contributed by atoms with Crippen LogP contribution < -0.4 is 20.5 Å². The smallest absolute Gasteiger partial charge is 0.248 e. The summed E-state index contributed by atoms with van der Waals surface area (Å²) in [5.74, 6) is 1.73. The van der Waals surface area contributed by atoms with Crippen LogP contribution in [0.1, 0.15) is 18.5 Å². The summed E-state index contributed by atoms with van der Waals surface area (Å²) in [6, 6.07) is 14.6. The highest BCUT2D eigenvalue weighted by molar-refractivity contribution is 5.95. The summed E-state index contributed by atoms with van der Waals surface area (Å²) in [5, 5.41) is 7.83. The Morgan fingerprint density at radius 1 is 1.10 bits per heavy atom. The van der Waals surface area contributed by atoms with E-state index in [1.807, 2.05) is 49.4 Å². The summed E-state index contributed by atoms with van der Waals surface area (Å²) in [5.41, 5.74) is 8.47. The molecule has 3 N–H and O–H groups in total. The lowest BCUT2D eigenvalue weighted by molar-refractivity contribution is -0.115. The van der Waals surface area contributed by atoms with Crippen molar-refractivity contribution in [2.24, 2.45) is 5.73 Å². The average molecular weight is 391 g/mol. The van der Waals surface area contributed by atoms with Gasteiger partial charge in [-0.2, -0.15) is 4.98 Å². The second kappa shape index (κ2) is 7.31. The molecular weight excluding hydrogens is 370 g/mol. The van der Waals surface area contributed by atoms with Crippen LogP contribution in [0.2, 0.25) is 0 Å². The van der Waals surface area contributed by atoms with Gasteiger partial charge in [0.15, 0.2) is 17.3 Å². The summed E-state index contributed by atoms with van der Waals surface area (Å²) in [7, 11) is 3.16. The van der Waals surface area contributed by atoms with Gasteiger partial charge < -0.3 is 20.5 Å². The molecule has 1 aliphatic rings. The van der Waals surface area contributed by atoms with Crippen molar-refractivity contribution in [2.45, 2.75) is 13.0 Å². The second-order valence-electron chi connectivity index (χ2n) is 6.61. The van der Waals surface area contributed by atoms with Crippen molar-refractivity contribution in [1.29, 1.82) is 0 Å². The fraction of sp³-hybridized carbons (Fsp3) is 0.190. The van der Waals surface area contributed by atoms with Gasteiger partial charge in [0.2, 0.25) is 11.9 Å². The van der Waals surface area contributed by atoms with E-state index in [-0.39, 0.29) is 0 Å². The molecule has 1 atom stereocenters. The first-order valence-electron chi connectivity index (χ1n) is 9.05. The van der Waals surface area contributed by atoms with Gasteiger partial charge in [-0.05, 0) is 30.7 Å². The number of carbonyl (C=O) groups excluding carboxylic acids is 1. The summed E-state index contributed by atoms with van der Waals surface area (Å²) in [4.78, 5) is 16.9. The minimum atomic E-state index is -0.502. The molecule has 2 heterocycles. The normalized spacial score (nSPS) is 15.5. The highest BCUT2D eigenvalue weighted by Gasteiger charge is 2.33. The number of fused-ring (bicyclic) bond motifs is 1. The van der Waals surface area contributed by atoms with Crippen LogP contribution in [-0.2, 0) is 4.79 Å². The average Bonchev–Trinajstić information content (AvgIpc) is 3.16. The Labute approximate surface area is 168 Å². The monoisotopic (exact) mass is 391 g/mol. The first kappa shape index (κ1) is 18.5. The summed E-state index contributed by atoms with van der Waals surface area (Å²) in [6.45, 7) is 1.81. The first-order chi connectivity index (χ1) is 14.0. The molecule has 2 aromatic carbocycles. The number of nitrogens with one attached hydrogen (secondary N) is 1. The van der Waals surface area contributed by atoms with Crippen molar-refractivity contribution in [3.63, 3.8) is 0 Å². The van der Waals surface area contributed by atoms with Crippen molar-refractivity contribution in [3.8, 4) is 22.9 Å². The molecule has 4 rings (SSSR count). The van der Waals surface area contributed by atoms with Crippen LogP contribution in [0.15, 0.2) is 59.8 Å². The second-order valence-corrected chi connectivity index (χ2v) is 6.61. The largest absolute Gasteiger partial charge is 0.493 e. The number of primary amides is 1. The highest BCUT2D eigenvalue weighted by Crippen LogP contribution is 2.37. The molecule has 29 heavy (non-hydrogen) atoms. The van der Waals surface area contributed by atoms with E-state index >= 15 is 0 Å². The number of hydrogen-bond acceptors (Lipinski definition) is 6. The predicted molar refractivity (Wildman–Crippen MR) is 109 cm³/mol. The van der Waals surface area contributed by atoms with Crippen molar-refractivity contribution < 1.29 is 14.3 Å². The molecule has 1 aromatic heterocycles. The third-order valence-corrected chi connectivity index (χ3v) is 4.88. The van der Waals surface area contributed by atoms with Crippen LogP contribution in [0.5, 0.6) is 11.5 Å².